The van der Waals surface area contributed by atoms with Crippen LogP contribution in [0.3, 0.4) is 0 Å². The predicted molar refractivity (Wildman–Crippen MR) is 82.4 cm³/mol. The Bertz CT molecular complexity index is 587. The van der Waals surface area contributed by atoms with E-state index in [4.69, 9.17) is 4.74 Å². The first kappa shape index (κ1) is 15.5. The number of thiophene rings is 1. The van der Waals surface area contributed by atoms with Crippen molar-refractivity contribution in [2.75, 3.05) is 26.3 Å². The highest BCUT2D eigenvalue weighted by atomic mass is 32.1. The van der Waals surface area contributed by atoms with E-state index in [2.05, 4.69) is 27.0 Å². The number of hydrogen-bond donors (Lipinski definition) is 1. The molecule has 0 radical (unpaired) electrons. The van der Waals surface area contributed by atoms with Crippen molar-refractivity contribution in [2.24, 2.45) is 11.3 Å². The number of nitrogens with zero attached hydrogens (tertiary/aromatic N) is 1. The summed E-state index contributed by atoms with van der Waals surface area (Å²) in [6.45, 7) is 3.27. The molecule has 7 heteroatoms. The molecule has 126 valence electrons. The molecule has 2 atom stereocenters. The van der Waals surface area contributed by atoms with Gasteiger partial charge >= 0.3 is 0 Å². The number of fused-ring (bicyclic) bond motifs is 1. The van der Waals surface area contributed by atoms with E-state index in [1.807, 2.05) is 0 Å². The van der Waals surface area contributed by atoms with Gasteiger partial charge in [0.1, 0.15) is 0 Å². The van der Waals surface area contributed by atoms with E-state index in [0.717, 1.165) is 13.1 Å². The van der Waals surface area contributed by atoms with Crippen LogP contribution in [0, 0.1) is 11.3 Å². The number of halogens is 2. The monoisotopic (exact) mass is 342 g/mol. The maximum atomic E-state index is 13.0. The van der Waals surface area contributed by atoms with Gasteiger partial charge in [0.15, 0.2) is 0 Å². The van der Waals surface area contributed by atoms with Gasteiger partial charge in [-0.05, 0) is 22.4 Å². The zero-order valence-corrected chi connectivity index (χ0v) is 13.6. The van der Waals surface area contributed by atoms with Crippen molar-refractivity contribution in [3.05, 3.63) is 22.4 Å². The van der Waals surface area contributed by atoms with Crippen LogP contribution in [0.4, 0.5) is 8.78 Å². The van der Waals surface area contributed by atoms with Crippen LogP contribution in [0.2, 0.25) is 0 Å². The summed E-state index contributed by atoms with van der Waals surface area (Å²) in [5, 5.41) is 7.00. The van der Waals surface area contributed by atoms with Gasteiger partial charge in [0, 0.05) is 44.4 Å². The summed E-state index contributed by atoms with van der Waals surface area (Å²) in [7, 11) is 0. The lowest BCUT2D eigenvalue weighted by atomic mass is 9.79. The number of alkyl halides is 2. The minimum absolute atomic E-state index is 0.103. The molecule has 1 saturated carbocycles. The van der Waals surface area contributed by atoms with Crippen molar-refractivity contribution in [1.29, 1.82) is 0 Å². The normalized spacial score (nSPS) is 33.4. The molecule has 4 nitrogen and oxygen atoms in total. The number of carbonyl (C=O) groups excluding carboxylic acids is 1. The minimum Gasteiger partial charge on any atom is -0.380 e. The van der Waals surface area contributed by atoms with Crippen molar-refractivity contribution in [2.45, 2.75) is 31.4 Å². The molecule has 3 aliphatic rings. The molecule has 2 aliphatic heterocycles. The van der Waals surface area contributed by atoms with E-state index in [0.29, 0.717) is 19.8 Å². The highest BCUT2D eigenvalue weighted by molar-refractivity contribution is 7.07. The number of ether oxygens (including phenoxy) is 1. The van der Waals surface area contributed by atoms with Gasteiger partial charge in [-0.15, -0.1) is 0 Å². The summed E-state index contributed by atoms with van der Waals surface area (Å²) in [6.07, 6.45) is -0.474. The maximum Gasteiger partial charge on any atom is 0.252 e. The van der Waals surface area contributed by atoms with Gasteiger partial charge in [-0.1, -0.05) is 0 Å². The average Bonchev–Trinajstić information content (AvgIpc) is 3.12. The lowest BCUT2D eigenvalue weighted by molar-refractivity contribution is -0.139. The Kier molecular flexibility index (Phi) is 3.70. The Balaban J connectivity index is 1.42. The minimum atomic E-state index is -2.61. The van der Waals surface area contributed by atoms with Gasteiger partial charge in [-0.2, -0.15) is 11.3 Å². The summed E-state index contributed by atoms with van der Waals surface area (Å²) >= 11 is 1.67. The van der Waals surface area contributed by atoms with Gasteiger partial charge in [-0.25, -0.2) is 8.78 Å². The summed E-state index contributed by atoms with van der Waals surface area (Å²) in [5.41, 5.74) is 0.686. The largest absolute Gasteiger partial charge is 0.380 e. The zero-order valence-electron chi connectivity index (χ0n) is 12.8. The molecule has 1 N–H and O–H groups in total. The van der Waals surface area contributed by atoms with Gasteiger partial charge in [0.05, 0.1) is 18.6 Å². The molecule has 3 fully saturated rings. The quantitative estimate of drug-likeness (QED) is 0.911. The van der Waals surface area contributed by atoms with Gasteiger partial charge in [0.2, 0.25) is 5.91 Å². The average molecular weight is 342 g/mol. The van der Waals surface area contributed by atoms with Crippen LogP contribution in [0.15, 0.2) is 16.8 Å². The Morgan fingerprint density at radius 3 is 3.00 bits per heavy atom. The van der Waals surface area contributed by atoms with Crippen LogP contribution in [-0.4, -0.2) is 49.1 Å². The van der Waals surface area contributed by atoms with E-state index in [-0.39, 0.29) is 30.7 Å². The summed E-state index contributed by atoms with van der Waals surface area (Å²) in [4.78, 5) is 15.0. The molecule has 0 spiro atoms. The smallest absolute Gasteiger partial charge is 0.252 e. The number of likely N-dealkylation sites (tertiary alicyclic amines) is 1. The molecule has 1 aromatic rings. The molecule has 0 unspecified atom stereocenters. The van der Waals surface area contributed by atoms with Crippen molar-refractivity contribution in [3.8, 4) is 0 Å². The first-order valence-electron chi connectivity index (χ1n) is 7.97. The predicted octanol–water partition coefficient (Wildman–Crippen LogP) is 2.11. The molecule has 3 heterocycles. The topological polar surface area (TPSA) is 41.6 Å². The highest BCUT2D eigenvalue weighted by Crippen LogP contribution is 2.43. The van der Waals surface area contributed by atoms with Crippen LogP contribution >= 0.6 is 11.3 Å². The van der Waals surface area contributed by atoms with Crippen LogP contribution in [-0.2, 0) is 16.1 Å². The third-order valence-electron chi connectivity index (χ3n) is 5.31. The van der Waals surface area contributed by atoms with E-state index in [1.165, 1.54) is 5.56 Å². The van der Waals surface area contributed by atoms with Gasteiger partial charge in [-0.3, -0.25) is 9.69 Å². The molecular formula is C16H20F2N2O2S. The third kappa shape index (κ3) is 2.79. The second-order valence-electron chi connectivity index (χ2n) is 7.10. The lowest BCUT2D eigenvalue weighted by Gasteiger charge is -2.37. The Morgan fingerprint density at radius 1 is 1.48 bits per heavy atom. The first-order chi connectivity index (χ1) is 11.0. The number of rotatable bonds is 4. The summed E-state index contributed by atoms with van der Waals surface area (Å²) < 4.78 is 31.5. The number of carbonyl (C=O) groups is 1. The van der Waals surface area contributed by atoms with E-state index < -0.39 is 11.3 Å². The number of nitrogens with one attached hydrogen (secondary N) is 1. The van der Waals surface area contributed by atoms with Crippen LogP contribution in [0.25, 0.3) is 0 Å². The Hall–Kier alpha value is -1.05. The molecule has 1 aliphatic carbocycles. The fourth-order valence-corrected chi connectivity index (χ4v) is 4.67. The molecule has 2 saturated heterocycles. The number of hydrogen-bond acceptors (Lipinski definition) is 4. The van der Waals surface area contributed by atoms with E-state index >= 15 is 0 Å². The zero-order chi connectivity index (χ0) is 16.1. The molecule has 23 heavy (non-hydrogen) atoms. The molecule has 0 bridgehead atoms. The van der Waals surface area contributed by atoms with Gasteiger partial charge < -0.3 is 10.1 Å². The second kappa shape index (κ2) is 5.50. The third-order valence-corrected chi connectivity index (χ3v) is 6.04. The molecule has 1 aromatic heterocycles. The van der Waals surface area contributed by atoms with Crippen molar-refractivity contribution < 1.29 is 18.3 Å². The maximum absolute atomic E-state index is 13.0. The second-order valence-corrected chi connectivity index (χ2v) is 7.88. The van der Waals surface area contributed by atoms with Crippen molar-refractivity contribution >= 4 is 17.2 Å². The Labute approximate surface area is 137 Å². The SMILES string of the molecule is O=C(NC1CC(F)(F)C1)[C@@]12COC[C@@H]1CN(Cc1ccsc1)C2. The molecule has 1 amide bonds. The van der Waals surface area contributed by atoms with Crippen LogP contribution < -0.4 is 5.32 Å². The van der Waals surface area contributed by atoms with Crippen LogP contribution in [0.5, 0.6) is 0 Å². The lowest BCUT2D eigenvalue weighted by Crippen LogP contribution is -2.56. The molecule has 4 rings (SSSR count). The molecule has 0 aromatic carbocycles. The highest BCUT2D eigenvalue weighted by Gasteiger charge is 2.57. The fraction of sp³-hybridized carbons (Fsp3) is 0.688. The van der Waals surface area contributed by atoms with Crippen molar-refractivity contribution in [1.82, 2.24) is 10.2 Å². The van der Waals surface area contributed by atoms with E-state index in [1.54, 1.807) is 11.3 Å². The van der Waals surface area contributed by atoms with Crippen molar-refractivity contribution in [3.63, 3.8) is 0 Å². The summed E-state index contributed by atoms with van der Waals surface area (Å²) in [5.74, 6) is -2.56. The standard InChI is InChI=1S/C16H20F2N2O2S/c17-16(18)3-13(4-16)19-14(21)15-9-20(5-11-1-2-23-8-11)6-12(15)7-22-10-15/h1-2,8,12-13H,3-7,9-10H2,(H,19,21)/t12-,15-/m0/s1. The first-order valence-corrected chi connectivity index (χ1v) is 8.91. The summed E-state index contributed by atoms with van der Waals surface area (Å²) in [6, 6.07) is 1.71. The van der Waals surface area contributed by atoms with E-state index in [9.17, 15) is 13.6 Å². The number of amides is 1. The Morgan fingerprint density at radius 2 is 2.30 bits per heavy atom. The van der Waals surface area contributed by atoms with Crippen LogP contribution in [0.1, 0.15) is 18.4 Å². The molecular weight excluding hydrogens is 322 g/mol. The fourth-order valence-electron chi connectivity index (χ4n) is 4.01. The van der Waals surface area contributed by atoms with Gasteiger partial charge in [0.25, 0.3) is 5.92 Å².